The normalized spacial score (nSPS) is 12.7. The Balaban J connectivity index is 2.12. The smallest absolute Gasteiger partial charge is 0.147 e. The van der Waals surface area contributed by atoms with E-state index < -0.39 is 6.10 Å². The van der Waals surface area contributed by atoms with Gasteiger partial charge >= 0.3 is 0 Å². The molecule has 2 aromatic rings. The fourth-order valence-corrected chi connectivity index (χ4v) is 1.38. The van der Waals surface area contributed by atoms with Crippen molar-refractivity contribution in [3.8, 4) is 0 Å². The van der Waals surface area contributed by atoms with Crippen molar-refractivity contribution >= 4 is 0 Å². The Kier molecular flexibility index (Phi) is 2.78. The Labute approximate surface area is 88.2 Å². The predicted octanol–water partition coefficient (Wildman–Crippen LogP) is 1.38. The van der Waals surface area contributed by atoms with Crippen LogP contribution in [0.3, 0.4) is 0 Å². The second-order valence-electron chi connectivity index (χ2n) is 3.46. The molecule has 0 amide bonds. The maximum absolute atomic E-state index is 9.36. The molecule has 4 nitrogen and oxygen atoms in total. The van der Waals surface area contributed by atoms with Crippen LogP contribution in [0.5, 0.6) is 0 Å². The zero-order chi connectivity index (χ0) is 10.7. The van der Waals surface area contributed by atoms with Gasteiger partial charge in [-0.15, -0.1) is 0 Å². The Hall–Kier alpha value is -1.68. The Morgan fingerprint density at radius 3 is 2.73 bits per heavy atom. The first-order valence-electron chi connectivity index (χ1n) is 4.85. The lowest BCUT2D eigenvalue weighted by molar-refractivity contribution is 0.199. The lowest BCUT2D eigenvalue weighted by Gasteiger charge is -2.01. The summed E-state index contributed by atoms with van der Waals surface area (Å²) in [5, 5.41) is 9.36. The van der Waals surface area contributed by atoms with Crippen molar-refractivity contribution in [2.45, 2.75) is 19.6 Å². The zero-order valence-electron chi connectivity index (χ0n) is 8.54. The molecule has 2 heterocycles. The predicted molar refractivity (Wildman–Crippen MR) is 56.2 cm³/mol. The maximum Gasteiger partial charge on any atom is 0.147 e. The highest BCUT2D eigenvalue weighted by molar-refractivity contribution is 5.13. The van der Waals surface area contributed by atoms with Crippen LogP contribution in [-0.4, -0.2) is 19.6 Å². The van der Waals surface area contributed by atoms with Crippen LogP contribution in [0.15, 0.2) is 36.9 Å². The van der Waals surface area contributed by atoms with Crippen LogP contribution in [0.25, 0.3) is 0 Å². The molecule has 0 spiro atoms. The summed E-state index contributed by atoms with van der Waals surface area (Å²) in [5.41, 5.74) is 0.908. The SMILES string of the molecule is CC(O)c1ccn(Cc2ncccn2)c1. The molecule has 4 heteroatoms. The van der Waals surface area contributed by atoms with E-state index in [1.165, 1.54) is 0 Å². The summed E-state index contributed by atoms with van der Waals surface area (Å²) >= 11 is 0. The summed E-state index contributed by atoms with van der Waals surface area (Å²) in [6.07, 6.45) is 6.84. The highest BCUT2D eigenvalue weighted by Crippen LogP contribution is 2.12. The lowest BCUT2D eigenvalue weighted by Crippen LogP contribution is -2.01. The summed E-state index contributed by atoms with van der Waals surface area (Å²) in [6.45, 7) is 2.38. The van der Waals surface area contributed by atoms with E-state index in [1.54, 1.807) is 25.4 Å². The molecule has 0 radical (unpaired) electrons. The van der Waals surface area contributed by atoms with Crippen LogP contribution in [0.2, 0.25) is 0 Å². The highest BCUT2D eigenvalue weighted by atomic mass is 16.3. The third kappa shape index (κ3) is 2.41. The standard InChI is InChI=1S/C11H13N3O/c1-9(15)10-3-6-14(7-10)8-11-12-4-2-5-13-11/h2-7,9,15H,8H2,1H3. The molecule has 78 valence electrons. The van der Waals surface area contributed by atoms with Gasteiger partial charge in [-0.3, -0.25) is 0 Å². The number of aliphatic hydroxyl groups is 1. The molecule has 2 rings (SSSR count). The first-order valence-corrected chi connectivity index (χ1v) is 4.85. The lowest BCUT2D eigenvalue weighted by atomic mass is 10.2. The van der Waals surface area contributed by atoms with E-state index in [2.05, 4.69) is 9.97 Å². The summed E-state index contributed by atoms with van der Waals surface area (Å²) in [5.74, 6) is 0.769. The molecule has 0 bridgehead atoms. The number of hydrogen-bond acceptors (Lipinski definition) is 3. The van der Waals surface area contributed by atoms with Gasteiger partial charge in [-0.25, -0.2) is 9.97 Å². The molecule has 15 heavy (non-hydrogen) atoms. The maximum atomic E-state index is 9.36. The van der Waals surface area contributed by atoms with Gasteiger partial charge in [-0.2, -0.15) is 0 Å². The van der Waals surface area contributed by atoms with Gasteiger partial charge < -0.3 is 9.67 Å². The third-order valence-electron chi connectivity index (χ3n) is 2.20. The largest absolute Gasteiger partial charge is 0.389 e. The number of aliphatic hydroxyl groups excluding tert-OH is 1. The molecule has 0 fully saturated rings. The van der Waals surface area contributed by atoms with Crippen molar-refractivity contribution in [2.24, 2.45) is 0 Å². The third-order valence-corrected chi connectivity index (χ3v) is 2.20. The first kappa shape index (κ1) is 9.86. The van der Waals surface area contributed by atoms with Gasteiger partial charge in [0.2, 0.25) is 0 Å². The van der Waals surface area contributed by atoms with Crippen LogP contribution in [-0.2, 0) is 6.54 Å². The molecule has 0 saturated heterocycles. The molecule has 0 aliphatic carbocycles. The molecular weight excluding hydrogens is 190 g/mol. The van der Waals surface area contributed by atoms with E-state index in [0.717, 1.165) is 11.4 Å². The van der Waals surface area contributed by atoms with Gasteiger partial charge in [-0.05, 0) is 24.6 Å². The molecule has 0 aliphatic heterocycles. The Morgan fingerprint density at radius 1 is 1.40 bits per heavy atom. The zero-order valence-corrected chi connectivity index (χ0v) is 8.54. The molecular formula is C11H13N3O. The van der Waals surface area contributed by atoms with Crippen molar-refractivity contribution in [1.29, 1.82) is 0 Å². The summed E-state index contributed by atoms with van der Waals surface area (Å²) in [7, 11) is 0. The minimum absolute atomic E-state index is 0.428. The number of nitrogens with zero attached hydrogens (tertiary/aromatic N) is 3. The Bertz CT molecular complexity index is 422. The number of rotatable bonds is 3. The number of hydrogen-bond donors (Lipinski definition) is 1. The van der Waals surface area contributed by atoms with E-state index in [4.69, 9.17) is 0 Å². The van der Waals surface area contributed by atoms with Gasteiger partial charge in [0.05, 0.1) is 12.6 Å². The van der Waals surface area contributed by atoms with E-state index in [0.29, 0.717) is 6.54 Å². The first-order chi connectivity index (χ1) is 7.25. The van der Waals surface area contributed by atoms with E-state index in [-0.39, 0.29) is 0 Å². The quantitative estimate of drug-likeness (QED) is 0.819. The van der Waals surface area contributed by atoms with Crippen molar-refractivity contribution < 1.29 is 5.11 Å². The average Bonchev–Trinajstić information content (AvgIpc) is 2.68. The fourth-order valence-electron chi connectivity index (χ4n) is 1.38. The summed E-state index contributed by atoms with van der Waals surface area (Å²) in [4.78, 5) is 8.27. The van der Waals surface area contributed by atoms with Gasteiger partial charge in [0, 0.05) is 24.8 Å². The second-order valence-corrected chi connectivity index (χ2v) is 3.46. The van der Waals surface area contributed by atoms with E-state index in [1.807, 2.05) is 23.0 Å². The van der Waals surface area contributed by atoms with E-state index in [9.17, 15) is 5.11 Å². The van der Waals surface area contributed by atoms with Crippen LogP contribution in [0.4, 0.5) is 0 Å². The average molecular weight is 203 g/mol. The molecule has 0 saturated carbocycles. The van der Waals surface area contributed by atoms with Crippen molar-refractivity contribution in [3.63, 3.8) is 0 Å². The summed E-state index contributed by atoms with van der Waals surface area (Å²) < 4.78 is 1.96. The molecule has 0 aliphatic rings. The van der Waals surface area contributed by atoms with Crippen LogP contribution < -0.4 is 0 Å². The molecule has 1 N–H and O–H groups in total. The van der Waals surface area contributed by atoms with Crippen molar-refractivity contribution in [2.75, 3.05) is 0 Å². The molecule has 2 aromatic heterocycles. The minimum Gasteiger partial charge on any atom is -0.389 e. The van der Waals surface area contributed by atoms with Gasteiger partial charge in [0.1, 0.15) is 5.82 Å². The summed E-state index contributed by atoms with van der Waals surface area (Å²) in [6, 6.07) is 3.69. The molecule has 1 atom stereocenters. The minimum atomic E-state index is -0.428. The van der Waals surface area contributed by atoms with Crippen LogP contribution >= 0.6 is 0 Å². The van der Waals surface area contributed by atoms with Crippen LogP contribution in [0.1, 0.15) is 24.4 Å². The van der Waals surface area contributed by atoms with Crippen molar-refractivity contribution in [1.82, 2.24) is 14.5 Å². The second kappa shape index (κ2) is 4.23. The Morgan fingerprint density at radius 2 is 2.13 bits per heavy atom. The van der Waals surface area contributed by atoms with Crippen LogP contribution in [0, 0.1) is 0 Å². The van der Waals surface area contributed by atoms with Gasteiger partial charge in [0.15, 0.2) is 0 Å². The topological polar surface area (TPSA) is 50.9 Å². The van der Waals surface area contributed by atoms with Gasteiger partial charge in [-0.1, -0.05) is 0 Å². The van der Waals surface area contributed by atoms with Crippen molar-refractivity contribution in [3.05, 3.63) is 48.3 Å². The monoisotopic (exact) mass is 203 g/mol. The fraction of sp³-hybridized carbons (Fsp3) is 0.273. The molecule has 0 aromatic carbocycles. The van der Waals surface area contributed by atoms with E-state index >= 15 is 0 Å². The highest BCUT2D eigenvalue weighted by Gasteiger charge is 2.03. The van der Waals surface area contributed by atoms with Gasteiger partial charge in [0.25, 0.3) is 0 Å². The molecule has 1 unspecified atom stereocenters. The number of aromatic nitrogens is 3.